The molecule has 0 radical (unpaired) electrons. The topological polar surface area (TPSA) is 26.3 Å². The van der Waals surface area contributed by atoms with E-state index in [1.54, 1.807) is 6.08 Å². The molecule has 2 heteroatoms. The minimum atomic E-state index is -0.346. The van der Waals surface area contributed by atoms with Crippen LogP contribution in [0.4, 0.5) is 0 Å². The average molecular weight is 230 g/mol. The molecule has 0 aliphatic heterocycles. The third kappa shape index (κ3) is 6.36. The zero-order valence-corrected chi connectivity index (χ0v) is 10.1. The maximum absolute atomic E-state index is 11.3. The third-order valence-corrected chi connectivity index (χ3v) is 2.22. The molecule has 1 rings (SSSR count). The van der Waals surface area contributed by atoms with E-state index in [4.69, 9.17) is 4.74 Å². The summed E-state index contributed by atoms with van der Waals surface area (Å²) in [5.41, 5.74) is 0.986. The molecular formula is C15H18O2. The van der Waals surface area contributed by atoms with Gasteiger partial charge in [0.15, 0.2) is 0 Å². The second-order valence-electron chi connectivity index (χ2n) is 3.69. The summed E-state index contributed by atoms with van der Waals surface area (Å²) in [6.45, 7) is 2.13. The van der Waals surface area contributed by atoms with Crippen molar-refractivity contribution in [3.63, 3.8) is 0 Å². The molecule has 0 fully saturated rings. The highest BCUT2D eigenvalue weighted by molar-refractivity contribution is 5.87. The van der Waals surface area contributed by atoms with Crippen LogP contribution in [-0.4, -0.2) is 5.97 Å². The van der Waals surface area contributed by atoms with Crippen LogP contribution in [0, 0.1) is 0 Å². The maximum Gasteiger partial charge on any atom is 0.335 e. The van der Waals surface area contributed by atoms with Crippen LogP contribution in [0.25, 0.3) is 6.08 Å². The van der Waals surface area contributed by atoms with Crippen molar-refractivity contribution in [2.24, 2.45) is 0 Å². The highest BCUT2D eigenvalue weighted by Crippen LogP contribution is 2.01. The Bertz CT molecular complexity index is 377. The SMILES string of the molecule is CCCCC=COC(=O)C=Cc1ccccc1. The predicted molar refractivity (Wildman–Crippen MR) is 70.2 cm³/mol. The van der Waals surface area contributed by atoms with E-state index in [9.17, 15) is 4.79 Å². The van der Waals surface area contributed by atoms with E-state index >= 15 is 0 Å². The number of hydrogen-bond acceptors (Lipinski definition) is 2. The Labute approximate surface area is 103 Å². The fourth-order valence-electron chi connectivity index (χ4n) is 1.27. The standard InChI is InChI=1S/C15H18O2/c1-2-3-4-8-13-17-15(16)12-11-14-9-6-5-7-10-14/h5-13H,2-4H2,1H3. The number of allylic oxidation sites excluding steroid dienone is 1. The molecule has 0 aromatic heterocycles. The van der Waals surface area contributed by atoms with Gasteiger partial charge in [-0.05, 0) is 30.6 Å². The lowest BCUT2D eigenvalue weighted by Crippen LogP contribution is -1.93. The summed E-state index contributed by atoms with van der Waals surface area (Å²) in [7, 11) is 0. The van der Waals surface area contributed by atoms with E-state index in [0.717, 1.165) is 24.8 Å². The van der Waals surface area contributed by atoms with Crippen LogP contribution < -0.4 is 0 Å². The summed E-state index contributed by atoms with van der Waals surface area (Å²) in [6, 6.07) is 9.65. The van der Waals surface area contributed by atoms with Gasteiger partial charge in [0.1, 0.15) is 0 Å². The summed E-state index contributed by atoms with van der Waals surface area (Å²) in [6.07, 6.45) is 9.72. The number of rotatable bonds is 6. The number of unbranched alkanes of at least 4 members (excludes halogenated alkanes) is 2. The van der Waals surface area contributed by atoms with Crippen molar-refractivity contribution in [3.05, 3.63) is 54.3 Å². The molecule has 0 bridgehead atoms. The van der Waals surface area contributed by atoms with Gasteiger partial charge >= 0.3 is 5.97 Å². The summed E-state index contributed by atoms with van der Waals surface area (Å²) in [5.74, 6) is -0.346. The molecule has 0 heterocycles. The predicted octanol–water partition coefficient (Wildman–Crippen LogP) is 3.95. The second-order valence-corrected chi connectivity index (χ2v) is 3.69. The average Bonchev–Trinajstić information content (AvgIpc) is 2.37. The Kier molecular flexibility index (Phi) is 6.49. The maximum atomic E-state index is 11.3. The van der Waals surface area contributed by atoms with E-state index in [1.165, 1.54) is 12.3 Å². The number of carbonyl (C=O) groups is 1. The van der Waals surface area contributed by atoms with E-state index in [0.29, 0.717) is 0 Å². The molecule has 0 aliphatic carbocycles. The Morgan fingerprint density at radius 2 is 2.06 bits per heavy atom. The van der Waals surface area contributed by atoms with Crippen LogP contribution in [0.2, 0.25) is 0 Å². The first kappa shape index (κ1) is 13.2. The van der Waals surface area contributed by atoms with Gasteiger partial charge < -0.3 is 4.74 Å². The highest BCUT2D eigenvalue weighted by Gasteiger charge is 1.92. The Balaban J connectivity index is 2.30. The normalized spacial score (nSPS) is 11.1. The van der Waals surface area contributed by atoms with E-state index < -0.39 is 0 Å². The van der Waals surface area contributed by atoms with Crippen molar-refractivity contribution < 1.29 is 9.53 Å². The molecule has 1 aromatic rings. The number of esters is 1. The van der Waals surface area contributed by atoms with Crippen molar-refractivity contribution in [2.75, 3.05) is 0 Å². The van der Waals surface area contributed by atoms with Crippen LogP contribution >= 0.6 is 0 Å². The molecule has 17 heavy (non-hydrogen) atoms. The molecule has 0 aliphatic rings. The number of carbonyl (C=O) groups excluding carboxylic acids is 1. The van der Waals surface area contributed by atoms with E-state index in [-0.39, 0.29) is 5.97 Å². The molecule has 0 spiro atoms. The van der Waals surface area contributed by atoms with Gasteiger partial charge in [0.2, 0.25) is 0 Å². The highest BCUT2D eigenvalue weighted by atomic mass is 16.5. The largest absolute Gasteiger partial charge is 0.432 e. The first-order chi connectivity index (χ1) is 8.33. The molecule has 0 unspecified atom stereocenters. The lowest BCUT2D eigenvalue weighted by atomic mass is 10.2. The van der Waals surface area contributed by atoms with Crippen LogP contribution in [0.3, 0.4) is 0 Å². The van der Waals surface area contributed by atoms with Gasteiger partial charge in [0.05, 0.1) is 6.26 Å². The summed E-state index contributed by atoms with van der Waals surface area (Å²) in [4.78, 5) is 11.3. The molecule has 2 nitrogen and oxygen atoms in total. The Morgan fingerprint density at radius 3 is 2.76 bits per heavy atom. The minimum absolute atomic E-state index is 0.346. The number of benzene rings is 1. The van der Waals surface area contributed by atoms with Crippen LogP contribution in [0.15, 0.2) is 48.7 Å². The molecule has 1 aromatic carbocycles. The van der Waals surface area contributed by atoms with Crippen LogP contribution in [-0.2, 0) is 9.53 Å². The van der Waals surface area contributed by atoms with Crippen LogP contribution in [0.1, 0.15) is 31.7 Å². The van der Waals surface area contributed by atoms with Gasteiger partial charge in [0, 0.05) is 6.08 Å². The van der Waals surface area contributed by atoms with E-state index in [2.05, 4.69) is 6.92 Å². The molecule has 0 saturated carbocycles. The molecule has 0 saturated heterocycles. The van der Waals surface area contributed by atoms with Crippen molar-refractivity contribution in [3.8, 4) is 0 Å². The zero-order valence-electron chi connectivity index (χ0n) is 10.1. The van der Waals surface area contributed by atoms with Crippen LogP contribution in [0.5, 0.6) is 0 Å². The monoisotopic (exact) mass is 230 g/mol. The Morgan fingerprint density at radius 1 is 1.29 bits per heavy atom. The number of ether oxygens (including phenoxy) is 1. The smallest absolute Gasteiger partial charge is 0.335 e. The van der Waals surface area contributed by atoms with Gasteiger partial charge in [0.25, 0.3) is 0 Å². The molecule has 0 N–H and O–H groups in total. The fourth-order valence-corrected chi connectivity index (χ4v) is 1.27. The lowest BCUT2D eigenvalue weighted by molar-refractivity contribution is -0.132. The fraction of sp³-hybridized carbons (Fsp3) is 0.267. The first-order valence-electron chi connectivity index (χ1n) is 5.91. The van der Waals surface area contributed by atoms with Gasteiger partial charge in [-0.15, -0.1) is 0 Å². The quantitative estimate of drug-likeness (QED) is 0.320. The van der Waals surface area contributed by atoms with Crippen molar-refractivity contribution in [2.45, 2.75) is 26.2 Å². The molecule has 90 valence electrons. The third-order valence-electron chi connectivity index (χ3n) is 2.22. The van der Waals surface area contributed by atoms with Crippen molar-refractivity contribution in [1.29, 1.82) is 0 Å². The number of hydrogen-bond donors (Lipinski definition) is 0. The summed E-state index contributed by atoms with van der Waals surface area (Å²) in [5, 5.41) is 0. The molecule has 0 atom stereocenters. The van der Waals surface area contributed by atoms with Crippen molar-refractivity contribution in [1.82, 2.24) is 0 Å². The second kappa shape index (κ2) is 8.34. The summed E-state index contributed by atoms with van der Waals surface area (Å²) >= 11 is 0. The molecule has 0 amide bonds. The van der Waals surface area contributed by atoms with Crippen molar-refractivity contribution >= 4 is 12.0 Å². The Hall–Kier alpha value is -1.83. The summed E-state index contributed by atoms with van der Waals surface area (Å²) < 4.78 is 4.90. The lowest BCUT2D eigenvalue weighted by Gasteiger charge is -1.93. The zero-order chi connectivity index (χ0) is 12.3. The van der Waals surface area contributed by atoms with Gasteiger partial charge in [-0.2, -0.15) is 0 Å². The van der Waals surface area contributed by atoms with Gasteiger partial charge in [-0.1, -0.05) is 43.7 Å². The minimum Gasteiger partial charge on any atom is -0.432 e. The van der Waals surface area contributed by atoms with Gasteiger partial charge in [-0.3, -0.25) is 0 Å². The molecular weight excluding hydrogens is 212 g/mol. The van der Waals surface area contributed by atoms with E-state index in [1.807, 2.05) is 36.4 Å². The first-order valence-corrected chi connectivity index (χ1v) is 5.91. The van der Waals surface area contributed by atoms with Gasteiger partial charge in [-0.25, -0.2) is 4.79 Å².